The molecule has 8 nitrogen and oxygen atoms in total. The van der Waals surface area contributed by atoms with E-state index in [-0.39, 0.29) is 23.7 Å². The molecule has 0 unspecified atom stereocenters. The topological polar surface area (TPSA) is 112 Å². The van der Waals surface area contributed by atoms with Crippen LogP contribution in [0.1, 0.15) is 32.7 Å². The van der Waals surface area contributed by atoms with Gasteiger partial charge in [-0.3, -0.25) is 14.2 Å². The summed E-state index contributed by atoms with van der Waals surface area (Å²) in [5, 5.41) is 11.1. The van der Waals surface area contributed by atoms with Crippen molar-refractivity contribution in [1.82, 2.24) is 20.1 Å². The van der Waals surface area contributed by atoms with Gasteiger partial charge in [-0.1, -0.05) is 11.8 Å². The molecule has 0 aliphatic carbocycles. The van der Waals surface area contributed by atoms with Gasteiger partial charge >= 0.3 is 5.97 Å². The van der Waals surface area contributed by atoms with Crippen molar-refractivity contribution in [1.29, 1.82) is 0 Å². The lowest BCUT2D eigenvalue weighted by molar-refractivity contribution is -0.140. The summed E-state index contributed by atoms with van der Waals surface area (Å²) >= 11 is 1.28. The van der Waals surface area contributed by atoms with Crippen molar-refractivity contribution in [3.05, 3.63) is 0 Å². The summed E-state index contributed by atoms with van der Waals surface area (Å²) < 4.78 is 6.29. The fourth-order valence-electron chi connectivity index (χ4n) is 1.62. The Morgan fingerprint density at radius 3 is 2.76 bits per heavy atom. The maximum absolute atomic E-state index is 11.7. The van der Waals surface area contributed by atoms with E-state index in [1.54, 1.807) is 4.57 Å². The first kappa shape index (κ1) is 17.3. The summed E-state index contributed by atoms with van der Waals surface area (Å²) in [5.74, 6) is 0.162. The van der Waals surface area contributed by atoms with Crippen LogP contribution in [0.2, 0.25) is 0 Å². The standard InChI is InChI=1S/C12H21N5O3S/c1-8(2)17-11(13)15-16-12(17)21-7-9(18)14-6-4-5-10(19)20-3/h8H,4-7H2,1-3H3,(H2,13,15)(H,14,18). The van der Waals surface area contributed by atoms with Gasteiger partial charge in [0.05, 0.1) is 12.9 Å². The highest BCUT2D eigenvalue weighted by atomic mass is 32.2. The van der Waals surface area contributed by atoms with Crippen molar-refractivity contribution < 1.29 is 14.3 Å². The van der Waals surface area contributed by atoms with Gasteiger partial charge in [0.2, 0.25) is 11.9 Å². The Bertz CT molecular complexity index is 489. The number of carbonyl (C=O) groups is 2. The van der Waals surface area contributed by atoms with Crippen LogP contribution in [0, 0.1) is 0 Å². The Labute approximate surface area is 127 Å². The zero-order valence-electron chi connectivity index (χ0n) is 12.5. The number of nitrogens with two attached hydrogens (primary N) is 1. The molecule has 0 atom stereocenters. The third kappa shape index (κ3) is 5.62. The van der Waals surface area contributed by atoms with E-state index in [4.69, 9.17) is 5.73 Å². The number of aromatic nitrogens is 3. The third-order valence-corrected chi connectivity index (χ3v) is 3.59. The fourth-order valence-corrected chi connectivity index (χ4v) is 2.52. The molecule has 0 radical (unpaired) electrons. The molecule has 0 saturated carbocycles. The molecule has 1 aromatic heterocycles. The number of esters is 1. The van der Waals surface area contributed by atoms with Crippen LogP contribution in [0.3, 0.4) is 0 Å². The SMILES string of the molecule is COC(=O)CCCNC(=O)CSc1nnc(N)n1C(C)C. The maximum atomic E-state index is 11.7. The normalized spacial score (nSPS) is 10.7. The molecule has 0 saturated heterocycles. The number of nitrogens with one attached hydrogen (secondary N) is 1. The van der Waals surface area contributed by atoms with Crippen LogP contribution >= 0.6 is 11.8 Å². The average Bonchev–Trinajstić information content (AvgIpc) is 2.82. The molecular formula is C12H21N5O3S. The van der Waals surface area contributed by atoms with Crippen molar-refractivity contribution in [2.45, 2.75) is 37.9 Å². The molecule has 0 aliphatic heterocycles. The molecule has 0 spiro atoms. The molecule has 1 amide bonds. The monoisotopic (exact) mass is 315 g/mol. The molecule has 9 heteroatoms. The molecule has 1 rings (SSSR count). The smallest absolute Gasteiger partial charge is 0.305 e. The molecule has 21 heavy (non-hydrogen) atoms. The molecule has 0 fully saturated rings. The number of ether oxygens (including phenoxy) is 1. The number of carbonyl (C=O) groups excluding carboxylic acids is 2. The lowest BCUT2D eigenvalue weighted by atomic mass is 10.3. The third-order valence-electron chi connectivity index (χ3n) is 2.65. The summed E-state index contributed by atoms with van der Waals surface area (Å²) in [5.41, 5.74) is 5.72. The van der Waals surface area contributed by atoms with Crippen molar-refractivity contribution >= 4 is 29.6 Å². The number of methoxy groups -OCH3 is 1. The second kappa shape index (κ2) is 8.50. The highest BCUT2D eigenvalue weighted by Gasteiger charge is 2.14. The van der Waals surface area contributed by atoms with E-state index in [9.17, 15) is 9.59 Å². The van der Waals surface area contributed by atoms with Crippen LogP contribution in [0.5, 0.6) is 0 Å². The van der Waals surface area contributed by atoms with Gasteiger partial charge in [-0.15, -0.1) is 10.2 Å². The first-order valence-corrected chi connectivity index (χ1v) is 7.61. The number of nitrogens with zero attached hydrogens (tertiary/aromatic N) is 3. The van der Waals surface area contributed by atoms with E-state index < -0.39 is 0 Å². The van der Waals surface area contributed by atoms with Crippen molar-refractivity contribution in [2.24, 2.45) is 0 Å². The summed E-state index contributed by atoms with van der Waals surface area (Å²) in [6.07, 6.45) is 0.848. The molecule has 0 bridgehead atoms. The Morgan fingerprint density at radius 2 is 2.14 bits per heavy atom. The van der Waals surface area contributed by atoms with Gasteiger partial charge in [0.15, 0.2) is 5.16 Å². The maximum Gasteiger partial charge on any atom is 0.305 e. The summed E-state index contributed by atoms with van der Waals surface area (Å²) in [6.45, 7) is 4.38. The molecule has 0 aliphatic rings. The Hall–Kier alpha value is -1.77. The van der Waals surface area contributed by atoms with Gasteiger partial charge in [-0.25, -0.2) is 0 Å². The number of nitrogen functional groups attached to an aromatic ring is 1. The summed E-state index contributed by atoms with van der Waals surface area (Å²) in [4.78, 5) is 22.6. The first-order valence-electron chi connectivity index (χ1n) is 6.62. The minimum absolute atomic E-state index is 0.123. The summed E-state index contributed by atoms with van der Waals surface area (Å²) in [6, 6.07) is 0.130. The van der Waals surface area contributed by atoms with Gasteiger partial charge in [0, 0.05) is 19.0 Å². The number of hydrogen-bond donors (Lipinski definition) is 2. The van der Waals surface area contributed by atoms with Crippen LogP contribution in [0.15, 0.2) is 5.16 Å². The van der Waals surface area contributed by atoms with Crippen LogP contribution in [-0.4, -0.2) is 46.0 Å². The lowest BCUT2D eigenvalue weighted by Crippen LogP contribution is -2.26. The van der Waals surface area contributed by atoms with E-state index >= 15 is 0 Å². The zero-order valence-corrected chi connectivity index (χ0v) is 13.3. The van der Waals surface area contributed by atoms with E-state index in [2.05, 4.69) is 20.3 Å². The second-order valence-electron chi connectivity index (χ2n) is 4.62. The number of rotatable bonds is 8. The second-order valence-corrected chi connectivity index (χ2v) is 5.57. The largest absolute Gasteiger partial charge is 0.469 e. The molecule has 3 N–H and O–H groups in total. The molecule has 1 aromatic rings. The van der Waals surface area contributed by atoms with Crippen LogP contribution in [-0.2, 0) is 14.3 Å². The minimum Gasteiger partial charge on any atom is -0.469 e. The van der Waals surface area contributed by atoms with Crippen LogP contribution in [0.25, 0.3) is 0 Å². The summed E-state index contributed by atoms with van der Waals surface area (Å²) in [7, 11) is 1.34. The van der Waals surface area contributed by atoms with Gasteiger partial charge in [-0.2, -0.15) is 0 Å². The molecule has 0 aromatic carbocycles. The minimum atomic E-state index is -0.279. The van der Waals surface area contributed by atoms with E-state index in [0.717, 1.165) is 0 Å². The van der Waals surface area contributed by atoms with Crippen LogP contribution in [0.4, 0.5) is 5.95 Å². The number of anilines is 1. The van der Waals surface area contributed by atoms with E-state index in [0.29, 0.717) is 30.5 Å². The van der Waals surface area contributed by atoms with Gasteiger partial charge in [0.1, 0.15) is 0 Å². The zero-order chi connectivity index (χ0) is 15.8. The highest BCUT2D eigenvalue weighted by molar-refractivity contribution is 7.99. The quantitative estimate of drug-likeness (QED) is 0.410. The molecule has 118 valence electrons. The fraction of sp³-hybridized carbons (Fsp3) is 0.667. The lowest BCUT2D eigenvalue weighted by Gasteiger charge is -2.11. The van der Waals surface area contributed by atoms with E-state index in [1.165, 1.54) is 18.9 Å². The predicted octanol–water partition coefficient (Wildman–Crippen LogP) is 0.603. The van der Waals surface area contributed by atoms with Gasteiger partial charge in [0.25, 0.3) is 0 Å². The van der Waals surface area contributed by atoms with Crippen molar-refractivity contribution in [2.75, 3.05) is 25.1 Å². The Morgan fingerprint density at radius 1 is 1.43 bits per heavy atom. The van der Waals surface area contributed by atoms with Crippen molar-refractivity contribution in [3.8, 4) is 0 Å². The first-order chi connectivity index (χ1) is 9.95. The van der Waals surface area contributed by atoms with E-state index in [1.807, 2.05) is 13.8 Å². The predicted molar refractivity (Wildman–Crippen MR) is 79.8 cm³/mol. The molecular weight excluding hydrogens is 294 g/mol. The number of hydrogen-bond acceptors (Lipinski definition) is 7. The Balaban J connectivity index is 2.32. The van der Waals surface area contributed by atoms with Crippen LogP contribution < -0.4 is 11.1 Å². The molecule has 1 heterocycles. The highest BCUT2D eigenvalue weighted by Crippen LogP contribution is 2.22. The average molecular weight is 315 g/mol. The number of thioether (sulfide) groups is 1. The van der Waals surface area contributed by atoms with Gasteiger partial charge < -0.3 is 15.8 Å². The van der Waals surface area contributed by atoms with Gasteiger partial charge in [-0.05, 0) is 20.3 Å². The Kier molecular flexibility index (Phi) is 7.00. The number of amides is 1. The van der Waals surface area contributed by atoms with Crippen molar-refractivity contribution in [3.63, 3.8) is 0 Å².